The lowest BCUT2D eigenvalue weighted by Gasteiger charge is -2.25. The Morgan fingerprint density at radius 3 is 2.89 bits per heavy atom. The second-order valence-corrected chi connectivity index (χ2v) is 6.43. The second kappa shape index (κ2) is 7.14. The van der Waals surface area contributed by atoms with Crippen molar-refractivity contribution in [3.05, 3.63) is 10.5 Å². The van der Waals surface area contributed by atoms with Crippen molar-refractivity contribution in [2.24, 2.45) is 7.05 Å². The van der Waals surface area contributed by atoms with Gasteiger partial charge in [-0.15, -0.1) is 5.10 Å². The molecule has 1 heterocycles. The van der Waals surface area contributed by atoms with Crippen LogP contribution in [0.2, 0.25) is 0 Å². The molecule has 0 spiro atoms. The lowest BCUT2D eigenvalue weighted by Crippen LogP contribution is -2.38. The van der Waals surface area contributed by atoms with Gasteiger partial charge in [0.25, 0.3) is 0 Å². The summed E-state index contributed by atoms with van der Waals surface area (Å²) in [6, 6.07) is 0.541. The van der Waals surface area contributed by atoms with E-state index in [0.717, 1.165) is 18.1 Å². The first kappa shape index (κ1) is 14.7. The number of aromatic nitrogens is 3. The number of nitrogens with one attached hydrogen (secondary N) is 2. The summed E-state index contributed by atoms with van der Waals surface area (Å²) in [7, 11) is 1.78. The highest BCUT2D eigenvalue weighted by atomic mass is 32.2. The largest absolute Gasteiger partial charge is 0.343 e. The predicted molar refractivity (Wildman–Crippen MR) is 78.6 cm³/mol. The maximum atomic E-state index is 11.4. The number of nitrogens with zero attached hydrogens (tertiary/aromatic N) is 2. The maximum absolute atomic E-state index is 11.4. The van der Waals surface area contributed by atoms with Gasteiger partial charge in [0.05, 0.1) is 0 Å². The van der Waals surface area contributed by atoms with Crippen LogP contribution >= 0.6 is 11.8 Å². The smallest absolute Gasteiger partial charge is 0.313 e. The number of rotatable bonds is 5. The molecule has 1 fully saturated rings. The molecule has 0 amide bonds. The monoisotopic (exact) mass is 284 g/mol. The molecule has 5 nitrogen and oxygen atoms in total. The van der Waals surface area contributed by atoms with Gasteiger partial charge in [-0.2, -0.15) is 0 Å². The van der Waals surface area contributed by atoms with Crippen LogP contribution in [0.15, 0.2) is 9.95 Å². The highest BCUT2D eigenvalue weighted by Gasteiger charge is 2.25. The van der Waals surface area contributed by atoms with Gasteiger partial charge in [-0.25, -0.2) is 9.89 Å². The summed E-state index contributed by atoms with van der Waals surface area (Å²) >= 11 is 1.74. The van der Waals surface area contributed by atoms with Crippen molar-refractivity contribution in [3.63, 3.8) is 0 Å². The number of hydrogen-bond acceptors (Lipinski definition) is 4. The van der Waals surface area contributed by atoms with E-state index in [1.54, 1.807) is 23.4 Å². The van der Waals surface area contributed by atoms with E-state index >= 15 is 0 Å². The molecule has 2 rings (SSSR count). The Labute approximate surface area is 118 Å². The zero-order chi connectivity index (χ0) is 13.7. The molecule has 2 atom stereocenters. The van der Waals surface area contributed by atoms with E-state index < -0.39 is 0 Å². The van der Waals surface area contributed by atoms with Gasteiger partial charge in [0.2, 0.25) is 0 Å². The van der Waals surface area contributed by atoms with Gasteiger partial charge >= 0.3 is 5.69 Å². The van der Waals surface area contributed by atoms with E-state index in [4.69, 9.17) is 0 Å². The maximum Gasteiger partial charge on any atom is 0.343 e. The fourth-order valence-electron chi connectivity index (χ4n) is 2.55. The minimum Gasteiger partial charge on any atom is -0.313 e. The van der Waals surface area contributed by atoms with Crippen LogP contribution in [0.4, 0.5) is 0 Å². The van der Waals surface area contributed by atoms with E-state index in [1.165, 1.54) is 32.1 Å². The molecule has 0 aliphatic heterocycles. The van der Waals surface area contributed by atoms with Crippen molar-refractivity contribution in [2.75, 3.05) is 6.54 Å². The van der Waals surface area contributed by atoms with Crippen LogP contribution in [0.3, 0.4) is 0 Å². The molecular weight excluding hydrogens is 260 g/mol. The second-order valence-electron chi connectivity index (χ2n) is 5.23. The van der Waals surface area contributed by atoms with E-state index in [2.05, 4.69) is 22.4 Å². The molecule has 1 aliphatic carbocycles. The Balaban J connectivity index is 2.05. The number of thioether (sulfide) groups is 1. The van der Waals surface area contributed by atoms with E-state index in [-0.39, 0.29) is 5.69 Å². The number of hydrogen-bond donors (Lipinski definition) is 2. The summed E-state index contributed by atoms with van der Waals surface area (Å²) in [4.78, 5) is 11.4. The Hall–Kier alpha value is -0.750. The predicted octanol–water partition coefficient (Wildman–Crippen LogP) is 1.90. The average molecular weight is 284 g/mol. The van der Waals surface area contributed by atoms with Crippen molar-refractivity contribution in [3.8, 4) is 0 Å². The lowest BCUT2D eigenvalue weighted by molar-refractivity contribution is 0.469. The zero-order valence-electron chi connectivity index (χ0n) is 11.8. The topological polar surface area (TPSA) is 62.7 Å². The minimum absolute atomic E-state index is 0.130. The molecule has 1 aromatic rings. The summed E-state index contributed by atoms with van der Waals surface area (Å²) < 4.78 is 1.60. The first-order chi connectivity index (χ1) is 9.22. The summed E-state index contributed by atoms with van der Waals surface area (Å²) in [5, 5.41) is 11.6. The molecule has 0 bridgehead atoms. The molecule has 0 radical (unpaired) electrons. The Morgan fingerprint density at radius 2 is 2.21 bits per heavy atom. The van der Waals surface area contributed by atoms with E-state index in [1.807, 2.05) is 0 Å². The van der Waals surface area contributed by atoms with Gasteiger partial charge in [0.1, 0.15) is 0 Å². The first-order valence-corrected chi connectivity index (χ1v) is 8.11. The van der Waals surface area contributed by atoms with Gasteiger partial charge in [-0.05, 0) is 25.8 Å². The van der Waals surface area contributed by atoms with Crippen molar-refractivity contribution < 1.29 is 0 Å². The van der Waals surface area contributed by atoms with Crippen LogP contribution in [0.25, 0.3) is 0 Å². The molecule has 1 aliphatic rings. The molecule has 6 heteroatoms. The zero-order valence-corrected chi connectivity index (χ0v) is 12.6. The van der Waals surface area contributed by atoms with Crippen LogP contribution in [0.5, 0.6) is 0 Å². The van der Waals surface area contributed by atoms with Gasteiger partial charge in [-0.3, -0.25) is 4.57 Å². The molecule has 2 N–H and O–H groups in total. The molecular formula is C13H24N4OS. The van der Waals surface area contributed by atoms with Crippen LogP contribution in [-0.4, -0.2) is 32.6 Å². The summed E-state index contributed by atoms with van der Waals surface area (Å²) in [6.45, 7) is 3.27. The first-order valence-electron chi connectivity index (χ1n) is 7.23. The highest BCUT2D eigenvalue weighted by Crippen LogP contribution is 2.31. The van der Waals surface area contributed by atoms with Gasteiger partial charge in [0.15, 0.2) is 5.16 Å². The van der Waals surface area contributed by atoms with Crippen LogP contribution in [0.1, 0.15) is 45.4 Å². The van der Waals surface area contributed by atoms with Gasteiger partial charge < -0.3 is 5.32 Å². The number of H-pyrrole nitrogens is 1. The molecule has 1 saturated carbocycles. The summed E-state index contributed by atoms with van der Waals surface area (Å²) in [5.74, 6) is 0. The number of aromatic amines is 1. The Bertz CT molecular complexity index is 442. The van der Waals surface area contributed by atoms with Gasteiger partial charge in [0, 0.05) is 18.3 Å². The van der Waals surface area contributed by atoms with Crippen molar-refractivity contribution >= 4 is 11.8 Å². The third-order valence-electron chi connectivity index (χ3n) is 3.70. The Kier molecular flexibility index (Phi) is 5.51. The molecule has 1 aromatic heterocycles. The molecule has 108 valence electrons. The van der Waals surface area contributed by atoms with Crippen molar-refractivity contribution in [1.82, 2.24) is 20.1 Å². The molecule has 19 heavy (non-hydrogen) atoms. The third-order valence-corrected chi connectivity index (χ3v) is 5.15. The molecule has 2 unspecified atom stereocenters. The average Bonchev–Trinajstić information content (AvgIpc) is 2.63. The summed E-state index contributed by atoms with van der Waals surface area (Å²) in [5.41, 5.74) is -0.130. The fourth-order valence-corrected chi connectivity index (χ4v) is 3.84. The fraction of sp³-hybridized carbons (Fsp3) is 0.846. The van der Waals surface area contributed by atoms with Crippen LogP contribution in [0, 0.1) is 0 Å². The minimum atomic E-state index is -0.130. The van der Waals surface area contributed by atoms with E-state index in [9.17, 15) is 4.79 Å². The lowest BCUT2D eigenvalue weighted by atomic mass is 10.1. The van der Waals surface area contributed by atoms with Crippen LogP contribution < -0.4 is 11.0 Å². The quantitative estimate of drug-likeness (QED) is 0.811. The van der Waals surface area contributed by atoms with Gasteiger partial charge in [-0.1, -0.05) is 37.9 Å². The third kappa shape index (κ3) is 3.86. The normalized spacial score (nSPS) is 24.3. The summed E-state index contributed by atoms with van der Waals surface area (Å²) in [6.07, 6.45) is 7.50. The van der Waals surface area contributed by atoms with Crippen molar-refractivity contribution in [2.45, 2.75) is 61.9 Å². The Morgan fingerprint density at radius 1 is 1.42 bits per heavy atom. The van der Waals surface area contributed by atoms with Crippen LogP contribution in [-0.2, 0) is 7.05 Å². The molecule has 0 aromatic carbocycles. The highest BCUT2D eigenvalue weighted by molar-refractivity contribution is 7.99. The van der Waals surface area contributed by atoms with E-state index in [0.29, 0.717) is 11.3 Å². The SMILES string of the molecule is CCCNC1CCCCCC1Sc1n[nH]c(=O)n1C. The standard InChI is InChI=1S/C13H24N4OS/c1-3-9-14-10-7-5-4-6-8-11(10)19-13-16-15-12(18)17(13)2/h10-11,14H,3-9H2,1-2H3,(H,15,18). The molecule has 0 saturated heterocycles. The van der Waals surface area contributed by atoms with Crippen molar-refractivity contribution in [1.29, 1.82) is 0 Å².